The van der Waals surface area contributed by atoms with E-state index in [4.69, 9.17) is 0 Å². The third kappa shape index (κ3) is 4.95. The smallest absolute Gasteiger partial charge is 0.220 e. The van der Waals surface area contributed by atoms with Gasteiger partial charge in [0.2, 0.25) is 5.91 Å². The van der Waals surface area contributed by atoms with Gasteiger partial charge in [0.25, 0.3) is 0 Å². The largest absolute Gasteiger partial charge is 0.353 e. The zero-order valence-electron chi connectivity index (χ0n) is 13.5. The summed E-state index contributed by atoms with van der Waals surface area (Å²) in [5, 5.41) is 6.40. The summed E-state index contributed by atoms with van der Waals surface area (Å²) in [6.45, 7) is 5.15. The van der Waals surface area contributed by atoms with E-state index in [0.717, 1.165) is 25.8 Å². The van der Waals surface area contributed by atoms with Crippen molar-refractivity contribution < 1.29 is 9.59 Å². The number of amides is 1. The van der Waals surface area contributed by atoms with Gasteiger partial charge in [0.15, 0.2) is 5.78 Å². The van der Waals surface area contributed by atoms with E-state index in [9.17, 15) is 9.59 Å². The zero-order chi connectivity index (χ0) is 15.9. The van der Waals surface area contributed by atoms with Crippen molar-refractivity contribution >= 4 is 11.7 Å². The molecule has 0 radical (unpaired) electrons. The Hall–Kier alpha value is -1.68. The summed E-state index contributed by atoms with van der Waals surface area (Å²) in [6, 6.07) is 8.34. The molecule has 1 aliphatic rings. The molecule has 0 aromatic heterocycles. The minimum absolute atomic E-state index is 0.0161. The van der Waals surface area contributed by atoms with Crippen LogP contribution in [0.25, 0.3) is 0 Å². The van der Waals surface area contributed by atoms with Gasteiger partial charge in [-0.25, -0.2) is 0 Å². The standard InChI is InChI=1S/C18H26N2O2/c1-3-14-4-6-15(7-5-14)17(21)8-9-18(22)20-16-10-11-19-13(2)12-16/h4-7,13,16,19H,3,8-12H2,1-2H3,(H,20,22). The van der Waals surface area contributed by atoms with Gasteiger partial charge in [-0.05, 0) is 38.3 Å². The molecule has 1 aromatic rings. The summed E-state index contributed by atoms with van der Waals surface area (Å²) in [6.07, 6.45) is 3.43. The molecule has 22 heavy (non-hydrogen) atoms. The molecule has 1 saturated heterocycles. The Morgan fingerprint density at radius 3 is 2.59 bits per heavy atom. The van der Waals surface area contributed by atoms with E-state index in [-0.39, 0.29) is 30.6 Å². The number of hydrogen-bond acceptors (Lipinski definition) is 3. The quantitative estimate of drug-likeness (QED) is 0.794. The van der Waals surface area contributed by atoms with Crippen LogP contribution in [0.1, 0.15) is 55.5 Å². The molecule has 1 aliphatic heterocycles. The van der Waals surface area contributed by atoms with E-state index < -0.39 is 0 Å². The number of carbonyl (C=O) groups is 2. The van der Waals surface area contributed by atoms with Crippen molar-refractivity contribution in [2.45, 2.75) is 58.0 Å². The predicted molar refractivity (Wildman–Crippen MR) is 88.0 cm³/mol. The second-order valence-corrected chi connectivity index (χ2v) is 6.12. The molecule has 4 heteroatoms. The molecular weight excluding hydrogens is 276 g/mol. The third-order valence-electron chi connectivity index (χ3n) is 4.25. The second kappa shape index (κ2) is 8.08. The number of ketones is 1. The zero-order valence-corrected chi connectivity index (χ0v) is 13.5. The molecule has 2 rings (SSSR count). The molecule has 1 amide bonds. The molecule has 2 N–H and O–H groups in total. The van der Waals surface area contributed by atoms with Crippen LogP contribution in [0.2, 0.25) is 0 Å². The molecule has 1 aromatic carbocycles. The lowest BCUT2D eigenvalue weighted by molar-refractivity contribution is -0.122. The highest BCUT2D eigenvalue weighted by molar-refractivity contribution is 5.98. The lowest BCUT2D eigenvalue weighted by Gasteiger charge is -2.28. The Bertz CT molecular complexity index is 510. The molecule has 0 saturated carbocycles. The van der Waals surface area contributed by atoms with Crippen molar-refractivity contribution in [3.63, 3.8) is 0 Å². The normalized spacial score (nSPS) is 21.4. The lowest BCUT2D eigenvalue weighted by Crippen LogP contribution is -2.46. The maximum atomic E-state index is 12.1. The van der Waals surface area contributed by atoms with Crippen molar-refractivity contribution in [2.24, 2.45) is 0 Å². The van der Waals surface area contributed by atoms with Crippen molar-refractivity contribution in [2.75, 3.05) is 6.54 Å². The summed E-state index contributed by atoms with van der Waals surface area (Å²) in [7, 11) is 0. The van der Waals surface area contributed by atoms with Gasteiger partial charge in [0, 0.05) is 30.5 Å². The number of Topliss-reactive ketones (excluding diaryl/α,β-unsaturated/α-hetero) is 1. The third-order valence-corrected chi connectivity index (χ3v) is 4.25. The predicted octanol–water partition coefficient (Wildman–Crippen LogP) is 2.47. The maximum absolute atomic E-state index is 12.1. The van der Waals surface area contributed by atoms with E-state index in [1.807, 2.05) is 24.3 Å². The van der Waals surface area contributed by atoms with Gasteiger partial charge in [-0.15, -0.1) is 0 Å². The number of hydrogen-bond donors (Lipinski definition) is 2. The first-order chi connectivity index (χ1) is 10.6. The fourth-order valence-corrected chi connectivity index (χ4v) is 2.86. The molecule has 2 atom stereocenters. The van der Waals surface area contributed by atoms with Gasteiger partial charge in [-0.3, -0.25) is 9.59 Å². The van der Waals surface area contributed by atoms with Crippen molar-refractivity contribution in [1.29, 1.82) is 0 Å². The summed E-state index contributed by atoms with van der Waals surface area (Å²) in [4.78, 5) is 24.1. The molecule has 0 aliphatic carbocycles. The van der Waals surface area contributed by atoms with Crippen molar-refractivity contribution in [3.8, 4) is 0 Å². The fourth-order valence-electron chi connectivity index (χ4n) is 2.86. The topological polar surface area (TPSA) is 58.2 Å². The highest BCUT2D eigenvalue weighted by Gasteiger charge is 2.20. The summed E-state index contributed by atoms with van der Waals surface area (Å²) >= 11 is 0. The van der Waals surface area contributed by atoms with Crippen LogP contribution in [0.15, 0.2) is 24.3 Å². The SMILES string of the molecule is CCc1ccc(C(=O)CCC(=O)NC2CCNC(C)C2)cc1. The number of piperidine rings is 1. The lowest BCUT2D eigenvalue weighted by atomic mass is 10.00. The first-order valence-electron chi connectivity index (χ1n) is 8.23. The van der Waals surface area contributed by atoms with E-state index in [1.54, 1.807) is 0 Å². The Labute approximate surface area is 132 Å². The number of benzene rings is 1. The van der Waals surface area contributed by atoms with Crippen molar-refractivity contribution in [1.82, 2.24) is 10.6 Å². The molecule has 0 spiro atoms. The van der Waals surface area contributed by atoms with Crippen LogP contribution in [0, 0.1) is 0 Å². The molecule has 2 unspecified atom stereocenters. The van der Waals surface area contributed by atoms with Crippen LogP contribution in [-0.4, -0.2) is 30.3 Å². The Morgan fingerprint density at radius 2 is 1.95 bits per heavy atom. The van der Waals surface area contributed by atoms with E-state index in [1.165, 1.54) is 5.56 Å². The summed E-state index contributed by atoms with van der Waals surface area (Å²) in [5.41, 5.74) is 1.91. The van der Waals surface area contributed by atoms with Crippen molar-refractivity contribution in [3.05, 3.63) is 35.4 Å². The molecule has 1 heterocycles. The fraction of sp³-hybridized carbons (Fsp3) is 0.556. The monoisotopic (exact) mass is 302 g/mol. The van der Waals surface area contributed by atoms with E-state index >= 15 is 0 Å². The summed E-state index contributed by atoms with van der Waals surface area (Å²) < 4.78 is 0. The maximum Gasteiger partial charge on any atom is 0.220 e. The van der Waals surface area contributed by atoms with Crippen LogP contribution < -0.4 is 10.6 Å². The number of rotatable bonds is 6. The van der Waals surface area contributed by atoms with Gasteiger partial charge in [-0.2, -0.15) is 0 Å². The minimum atomic E-state index is -0.0161. The van der Waals surface area contributed by atoms with E-state index in [2.05, 4.69) is 24.5 Å². The van der Waals surface area contributed by atoms with Gasteiger partial charge in [0.1, 0.15) is 0 Å². The number of aryl methyl sites for hydroxylation is 1. The number of carbonyl (C=O) groups excluding carboxylic acids is 2. The first-order valence-corrected chi connectivity index (χ1v) is 8.23. The van der Waals surface area contributed by atoms with Gasteiger partial charge in [0.05, 0.1) is 0 Å². The molecular formula is C18H26N2O2. The van der Waals surface area contributed by atoms with Crippen LogP contribution in [-0.2, 0) is 11.2 Å². The molecule has 4 nitrogen and oxygen atoms in total. The van der Waals surface area contributed by atoms with Gasteiger partial charge in [-0.1, -0.05) is 31.2 Å². The van der Waals surface area contributed by atoms with Crippen LogP contribution in [0.5, 0.6) is 0 Å². The Balaban J connectivity index is 1.76. The Morgan fingerprint density at radius 1 is 1.23 bits per heavy atom. The molecule has 0 bridgehead atoms. The highest BCUT2D eigenvalue weighted by atomic mass is 16.2. The van der Waals surface area contributed by atoms with Gasteiger partial charge < -0.3 is 10.6 Å². The first kappa shape index (κ1) is 16.7. The molecule has 1 fully saturated rings. The summed E-state index contributed by atoms with van der Waals surface area (Å²) in [5.74, 6) is 0.0223. The number of nitrogens with one attached hydrogen (secondary N) is 2. The van der Waals surface area contributed by atoms with Gasteiger partial charge >= 0.3 is 0 Å². The average molecular weight is 302 g/mol. The molecule has 120 valence electrons. The minimum Gasteiger partial charge on any atom is -0.353 e. The van der Waals surface area contributed by atoms with Crippen LogP contribution in [0.4, 0.5) is 0 Å². The Kier molecular flexibility index (Phi) is 6.13. The second-order valence-electron chi connectivity index (χ2n) is 6.12. The van der Waals surface area contributed by atoms with Crippen LogP contribution in [0.3, 0.4) is 0 Å². The highest BCUT2D eigenvalue weighted by Crippen LogP contribution is 2.11. The average Bonchev–Trinajstić information content (AvgIpc) is 2.52. The van der Waals surface area contributed by atoms with Crippen LogP contribution >= 0.6 is 0 Å². The van der Waals surface area contributed by atoms with E-state index in [0.29, 0.717) is 11.6 Å².